The van der Waals surface area contributed by atoms with Crippen LogP contribution < -0.4 is 4.74 Å². The van der Waals surface area contributed by atoms with Crippen LogP contribution in [-0.4, -0.2) is 30.9 Å². The van der Waals surface area contributed by atoms with Gasteiger partial charge in [0.1, 0.15) is 30.2 Å². The highest BCUT2D eigenvalue weighted by molar-refractivity contribution is 9.10. The van der Waals surface area contributed by atoms with Gasteiger partial charge < -0.3 is 9.30 Å². The Morgan fingerprint density at radius 3 is 3.09 bits per heavy atom. The first kappa shape index (κ1) is 13.5. The van der Waals surface area contributed by atoms with E-state index in [0.717, 1.165) is 46.2 Å². The van der Waals surface area contributed by atoms with Gasteiger partial charge in [0.05, 0.1) is 12.1 Å². The van der Waals surface area contributed by atoms with Gasteiger partial charge in [-0.3, -0.25) is 0 Å². The first-order valence-corrected chi connectivity index (χ1v) is 7.93. The average Bonchev–Trinajstić information content (AvgIpc) is 3.11. The van der Waals surface area contributed by atoms with Gasteiger partial charge >= 0.3 is 0 Å². The summed E-state index contributed by atoms with van der Waals surface area (Å²) in [5.74, 6) is 2.55. The fourth-order valence-corrected chi connectivity index (χ4v) is 3.00. The number of aromatic nitrogens is 5. The maximum Gasteiger partial charge on any atom is 0.178 e. The van der Waals surface area contributed by atoms with Crippen LogP contribution in [0.2, 0.25) is 0 Å². The van der Waals surface area contributed by atoms with E-state index < -0.39 is 0 Å². The van der Waals surface area contributed by atoms with Crippen LogP contribution in [0.1, 0.15) is 6.92 Å². The zero-order valence-corrected chi connectivity index (χ0v) is 13.6. The van der Waals surface area contributed by atoms with Crippen LogP contribution >= 0.6 is 15.9 Å². The Balaban J connectivity index is 1.87. The van der Waals surface area contributed by atoms with Crippen molar-refractivity contribution in [3.8, 4) is 28.7 Å². The molecule has 0 atom stereocenters. The van der Waals surface area contributed by atoms with Crippen molar-refractivity contribution in [2.45, 2.75) is 20.0 Å². The smallest absolute Gasteiger partial charge is 0.178 e. The van der Waals surface area contributed by atoms with Gasteiger partial charge in [0.25, 0.3) is 0 Å². The maximum absolute atomic E-state index is 5.82. The van der Waals surface area contributed by atoms with E-state index >= 15 is 0 Å². The quantitative estimate of drug-likeness (QED) is 0.705. The zero-order chi connectivity index (χ0) is 15.1. The molecule has 0 bridgehead atoms. The Kier molecular flexibility index (Phi) is 3.22. The van der Waals surface area contributed by atoms with Crippen molar-refractivity contribution in [3.63, 3.8) is 0 Å². The normalized spacial score (nSPS) is 13.2. The van der Waals surface area contributed by atoms with Crippen LogP contribution in [0.3, 0.4) is 0 Å². The summed E-state index contributed by atoms with van der Waals surface area (Å²) in [5.41, 5.74) is 1.83. The molecule has 0 fully saturated rings. The highest BCUT2D eigenvalue weighted by Gasteiger charge is 2.20. The molecule has 0 radical (unpaired) electrons. The number of rotatable bonds is 2. The lowest BCUT2D eigenvalue weighted by Gasteiger charge is -2.06. The Bertz CT molecular complexity index is 838. The third-order valence-corrected chi connectivity index (χ3v) is 4.19. The lowest BCUT2D eigenvalue weighted by molar-refractivity contribution is 0.306. The molecule has 0 saturated carbocycles. The predicted octanol–water partition coefficient (Wildman–Crippen LogP) is 2.98. The number of hydrogen-bond acceptors (Lipinski definition) is 4. The van der Waals surface area contributed by atoms with E-state index in [0.29, 0.717) is 6.61 Å². The molecule has 1 aliphatic heterocycles. The van der Waals surface area contributed by atoms with E-state index in [4.69, 9.17) is 9.72 Å². The van der Waals surface area contributed by atoms with Gasteiger partial charge in [-0.1, -0.05) is 15.9 Å². The third kappa shape index (κ3) is 2.12. The number of fused-ring (bicyclic) bond motifs is 3. The molecule has 3 heterocycles. The molecule has 0 amide bonds. The van der Waals surface area contributed by atoms with Crippen molar-refractivity contribution >= 4 is 15.9 Å². The van der Waals surface area contributed by atoms with E-state index in [1.165, 1.54) is 0 Å². The monoisotopic (exact) mass is 359 g/mol. The van der Waals surface area contributed by atoms with E-state index in [1.807, 2.05) is 36.0 Å². The van der Waals surface area contributed by atoms with Crippen molar-refractivity contribution in [2.24, 2.45) is 0 Å². The minimum absolute atomic E-state index is 0.618. The molecule has 0 saturated heterocycles. The van der Waals surface area contributed by atoms with Crippen LogP contribution in [0.25, 0.3) is 22.9 Å². The number of halogens is 1. The van der Waals surface area contributed by atoms with E-state index in [1.54, 1.807) is 6.33 Å². The summed E-state index contributed by atoms with van der Waals surface area (Å²) >= 11 is 3.48. The number of aryl methyl sites for hydroxylation is 1. The van der Waals surface area contributed by atoms with Crippen molar-refractivity contribution in [1.29, 1.82) is 0 Å². The Morgan fingerprint density at radius 1 is 1.32 bits per heavy atom. The van der Waals surface area contributed by atoms with Gasteiger partial charge in [0.15, 0.2) is 5.82 Å². The average molecular weight is 360 g/mol. The Labute approximate surface area is 135 Å². The molecule has 0 aliphatic carbocycles. The van der Waals surface area contributed by atoms with E-state index in [-0.39, 0.29) is 0 Å². The fourth-order valence-electron chi connectivity index (χ4n) is 2.66. The predicted molar refractivity (Wildman–Crippen MR) is 85.5 cm³/mol. The topological polar surface area (TPSA) is 57.8 Å². The summed E-state index contributed by atoms with van der Waals surface area (Å²) < 4.78 is 10.8. The maximum atomic E-state index is 5.82. The lowest BCUT2D eigenvalue weighted by Crippen LogP contribution is -2.04. The minimum atomic E-state index is 0.618. The lowest BCUT2D eigenvalue weighted by atomic mass is 10.2. The van der Waals surface area contributed by atoms with Crippen LogP contribution in [0.15, 0.2) is 35.2 Å². The van der Waals surface area contributed by atoms with Gasteiger partial charge in [-0.15, -0.1) is 0 Å². The molecule has 1 aromatic carbocycles. The molecule has 0 N–H and O–H groups in total. The van der Waals surface area contributed by atoms with E-state index in [9.17, 15) is 0 Å². The van der Waals surface area contributed by atoms with Crippen molar-refractivity contribution in [3.05, 3.63) is 35.2 Å². The number of imidazole rings is 1. The highest BCUT2D eigenvalue weighted by Crippen LogP contribution is 2.35. The molecule has 112 valence electrons. The summed E-state index contributed by atoms with van der Waals surface area (Å²) in [4.78, 5) is 9.11. The molecule has 2 aromatic heterocycles. The second kappa shape index (κ2) is 5.24. The molecule has 0 spiro atoms. The summed E-state index contributed by atoms with van der Waals surface area (Å²) in [6.07, 6.45) is 3.59. The molecule has 3 aromatic rings. The second-order valence-electron chi connectivity index (χ2n) is 5.03. The minimum Gasteiger partial charge on any atom is -0.491 e. The summed E-state index contributed by atoms with van der Waals surface area (Å²) in [6, 6.07) is 6.01. The summed E-state index contributed by atoms with van der Waals surface area (Å²) in [6.45, 7) is 4.19. The third-order valence-electron chi connectivity index (χ3n) is 3.70. The molecule has 4 rings (SSSR count). The van der Waals surface area contributed by atoms with Gasteiger partial charge in [0, 0.05) is 17.2 Å². The second-order valence-corrected chi connectivity index (χ2v) is 5.95. The number of hydrogen-bond donors (Lipinski definition) is 0. The fraction of sp³-hybridized carbons (Fsp3) is 0.267. The van der Waals surface area contributed by atoms with Crippen LogP contribution in [0, 0.1) is 0 Å². The number of ether oxygens (including phenoxy) is 1. The first-order valence-electron chi connectivity index (χ1n) is 7.14. The van der Waals surface area contributed by atoms with Gasteiger partial charge in [-0.25, -0.2) is 14.6 Å². The van der Waals surface area contributed by atoms with Gasteiger partial charge in [0.2, 0.25) is 0 Å². The SMILES string of the molecule is CCn1ncnc1-c1cn2c(n1)-c1ccc(Br)cc1OCC2. The first-order chi connectivity index (χ1) is 10.8. The molecular weight excluding hydrogens is 346 g/mol. The summed E-state index contributed by atoms with van der Waals surface area (Å²) in [7, 11) is 0. The summed E-state index contributed by atoms with van der Waals surface area (Å²) in [5, 5.41) is 4.22. The Morgan fingerprint density at radius 2 is 2.23 bits per heavy atom. The van der Waals surface area contributed by atoms with Crippen LogP contribution in [0.5, 0.6) is 5.75 Å². The van der Waals surface area contributed by atoms with E-state index in [2.05, 4.69) is 30.6 Å². The standard InChI is InChI=1S/C15H14BrN5O/c1-2-21-15(17-9-18-21)12-8-20-5-6-22-13-7-10(16)3-4-11(13)14(20)19-12/h3-4,7-9H,2,5-6H2,1H3. The largest absolute Gasteiger partial charge is 0.491 e. The molecule has 0 unspecified atom stereocenters. The zero-order valence-electron chi connectivity index (χ0n) is 12.0. The molecular formula is C15H14BrN5O. The Hall–Kier alpha value is -2.15. The van der Waals surface area contributed by atoms with Crippen molar-refractivity contribution in [1.82, 2.24) is 24.3 Å². The number of benzene rings is 1. The molecule has 7 heteroatoms. The van der Waals surface area contributed by atoms with Crippen molar-refractivity contribution in [2.75, 3.05) is 6.61 Å². The molecule has 22 heavy (non-hydrogen) atoms. The molecule has 6 nitrogen and oxygen atoms in total. The molecule has 1 aliphatic rings. The highest BCUT2D eigenvalue weighted by atomic mass is 79.9. The number of nitrogens with zero attached hydrogens (tertiary/aromatic N) is 5. The van der Waals surface area contributed by atoms with Gasteiger partial charge in [-0.05, 0) is 25.1 Å². The van der Waals surface area contributed by atoms with Crippen LogP contribution in [0.4, 0.5) is 0 Å². The van der Waals surface area contributed by atoms with Gasteiger partial charge in [-0.2, -0.15) is 5.10 Å². The van der Waals surface area contributed by atoms with Crippen LogP contribution in [-0.2, 0) is 13.1 Å². The van der Waals surface area contributed by atoms with Crippen molar-refractivity contribution < 1.29 is 4.74 Å².